The van der Waals surface area contributed by atoms with Crippen LogP contribution in [0.1, 0.15) is 23.2 Å². The van der Waals surface area contributed by atoms with Gasteiger partial charge in [-0.2, -0.15) is 0 Å². The third-order valence-corrected chi connectivity index (χ3v) is 2.52. The lowest BCUT2D eigenvalue weighted by molar-refractivity contribution is -0.119. The minimum absolute atomic E-state index is 0.00771. The van der Waals surface area contributed by atoms with E-state index in [1.165, 1.54) is 7.11 Å². The van der Waals surface area contributed by atoms with Gasteiger partial charge in [-0.25, -0.2) is 4.79 Å². The summed E-state index contributed by atoms with van der Waals surface area (Å²) in [5.74, 6) is 0.353. The van der Waals surface area contributed by atoms with Crippen molar-refractivity contribution in [1.82, 2.24) is 5.32 Å². The molecule has 0 spiro atoms. The summed E-state index contributed by atoms with van der Waals surface area (Å²) in [6, 6.07) is 3.30. The highest BCUT2D eigenvalue weighted by molar-refractivity contribution is 5.86. The molecule has 0 amide bonds. The van der Waals surface area contributed by atoms with Gasteiger partial charge in [0.15, 0.2) is 6.29 Å². The number of furan rings is 1. The molecule has 18 heavy (non-hydrogen) atoms. The largest absolute Gasteiger partial charge is 0.463 e. The molecule has 0 radical (unpaired) electrons. The van der Waals surface area contributed by atoms with E-state index in [-0.39, 0.29) is 18.1 Å². The maximum absolute atomic E-state index is 11.2. The van der Waals surface area contributed by atoms with Crippen molar-refractivity contribution in [3.05, 3.63) is 23.7 Å². The summed E-state index contributed by atoms with van der Waals surface area (Å²) in [7, 11) is 4.47. The van der Waals surface area contributed by atoms with Crippen LogP contribution < -0.4 is 5.32 Å². The average molecular weight is 257 g/mol. The number of carbonyl (C=O) groups is 1. The van der Waals surface area contributed by atoms with Crippen LogP contribution in [-0.2, 0) is 20.8 Å². The van der Waals surface area contributed by atoms with Gasteiger partial charge >= 0.3 is 5.97 Å². The Labute approximate surface area is 106 Å². The van der Waals surface area contributed by atoms with E-state index < -0.39 is 5.97 Å². The third-order valence-electron chi connectivity index (χ3n) is 2.52. The molecule has 1 aromatic heterocycles. The predicted molar refractivity (Wildman–Crippen MR) is 64.2 cm³/mol. The zero-order valence-electron chi connectivity index (χ0n) is 11.1. The van der Waals surface area contributed by atoms with Crippen LogP contribution >= 0.6 is 0 Å². The SMILES string of the molecule is COC(=O)c1ccc(CNC(C)C(OC)OC)o1. The van der Waals surface area contributed by atoms with Gasteiger partial charge in [0.2, 0.25) is 5.76 Å². The number of ether oxygens (including phenoxy) is 3. The zero-order valence-corrected chi connectivity index (χ0v) is 11.1. The summed E-state index contributed by atoms with van der Waals surface area (Å²) >= 11 is 0. The number of carbonyl (C=O) groups excluding carboxylic acids is 1. The van der Waals surface area contributed by atoms with Crippen LogP contribution in [0, 0.1) is 0 Å². The van der Waals surface area contributed by atoms with Crippen molar-refractivity contribution >= 4 is 5.97 Å². The second-order valence-electron chi connectivity index (χ2n) is 3.77. The molecule has 0 fully saturated rings. The Morgan fingerprint density at radius 1 is 1.33 bits per heavy atom. The third kappa shape index (κ3) is 3.83. The normalized spacial score (nSPS) is 12.7. The number of hydrogen-bond acceptors (Lipinski definition) is 6. The molecular weight excluding hydrogens is 238 g/mol. The van der Waals surface area contributed by atoms with E-state index in [0.29, 0.717) is 12.3 Å². The lowest BCUT2D eigenvalue weighted by atomic mass is 10.3. The molecule has 0 aliphatic carbocycles. The summed E-state index contributed by atoms with van der Waals surface area (Å²) in [4.78, 5) is 11.2. The summed E-state index contributed by atoms with van der Waals surface area (Å²) < 4.78 is 20.1. The summed E-state index contributed by atoms with van der Waals surface area (Å²) in [5.41, 5.74) is 0. The molecule has 0 bridgehead atoms. The smallest absolute Gasteiger partial charge is 0.373 e. The minimum atomic E-state index is -0.485. The first kappa shape index (κ1) is 14.7. The molecule has 0 saturated carbocycles. The van der Waals surface area contributed by atoms with Gasteiger partial charge in [-0.1, -0.05) is 0 Å². The lowest BCUT2D eigenvalue weighted by Gasteiger charge is -2.21. The maximum atomic E-state index is 11.2. The van der Waals surface area contributed by atoms with Crippen molar-refractivity contribution in [1.29, 1.82) is 0 Å². The van der Waals surface area contributed by atoms with Gasteiger partial charge in [0.25, 0.3) is 0 Å². The topological polar surface area (TPSA) is 69.9 Å². The minimum Gasteiger partial charge on any atom is -0.463 e. The summed E-state index contributed by atoms with van der Waals surface area (Å²) in [6.45, 7) is 2.41. The first-order valence-corrected chi connectivity index (χ1v) is 5.58. The predicted octanol–water partition coefficient (Wildman–Crippen LogP) is 1.16. The highest BCUT2D eigenvalue weighted by Crippen LogP contribution is 2.09. The first-order valence-electron chi connectivity index (χ1n) is 5.58. The van der Waals surface area contributed by atoms with Crippen LogP contribution in [-0.4, -0.2) is 39.6 Å². The molecule has 102 valence electrons. The maximum Gasteiger partial charge on any atom is 0.373 e. The Bertz CT molecular complexity index is 372. The Hall–Kier alpha value is -1.37. The number of rotatable bonds is 7. The summed E-state index contributed by atoms with van der Waals surface area (Å²) in [5, 5.41) is 3.18. The quantitative estimate of drug-likeness (QED) is 0.584. The van der Waals surface area contributed by atoms with Gasteiger partial charge < -0.3 is 23.9 Å². The van der Waals surface area contributed by atoms with E-state index in [9.17, 15) is 4.79 Å². The fraction of sp³-hybridized carbons (Fsp3) is 0.583. The van der Waals surface area contributed by atoms with Crippen molar-refractivity contribution in [2.45, 2.75) is 25.8 Å². The Morgan fingerprint density at radius 2 is 2.00 bits per heavy atom. The first-order chi connectivity index (χ1) is 8.62. The van der Waals surface area contributed by atoms with E-state index in [1.54, 1.807) is 26.4 Å². The highest BCUT2D eigenvalue weighted by atomic mass is 16.7. The molecule has 1 atom stereocenters. The van der Waals surface area contributed by atoms with Crippen molar-refractivity contribution in [3.63, 3.8) is 0 Å². The number of hydrogen-bond donors (Lipinski definition) is 1. The monoisotopic (exact) mass is 257 g/mol. The molecule has 1 heterocycles. The number of methoxy groups -OCH3 is 3. The van der Waals surface area contributed by atoms with Crippen molar-refractivity contribution < 1.29 is 23.4 Å². The fourth-order valence-corrected chi connectivity index (χ4v) is 1.55. The molecular formula is C12H19NO5. The van der Waals surface area contributed by atoms with E-state index in [2.05, 4.69) is 10.1 Å². The Balaban J connectivity index is 2.48. The second kappa shape index (κ2) is 7.15. The fourth-order valence-electron chi connectivity index (χ4n) is 1.55. The molecule has 1 unspecified atom stereocenters. The van der Waals surface area contributed by atoms with Gasteiger partial charge in [0, 0.05) is 14.2 Å². The van der Waals surface area contributed by atoms with Crippen LogP contribution in [0.3, 0.4) is 0 Å². The van der Waals surface area contributed by atoms with Gasteiger partial charge in [0.05, 0.1) is 19.7 Å². The molecule has 1 N–H and O–H groups in total. The molecule has 0 aliphatic heterocycles. The van der Waals surface area contributed by atoms with Crippen LogP contribution in [0.5, 0.6) is 0 Å². The van der Waals surface area contributed by atoms with Gasteiger partial charge in [0.1, 0.15) is 5.76 Å². The van der Waals surface area contributed by atoms with E-state index in [1.807, 2.05) is 6.92 Å². The van der Waals surface area contributed by atoms with Crippen molar-refractivity contribution in [2.75, 3.05) is 21.3 Å². The zero-order chi connectivity index (χ0) is 13.5. The summed E-state index contributed by atoms with van der Waals surface area (Å²) in [6.07, 6.45) is -0.333. The van der Waals surface area contributed by atoms with Crippen LogP contribution in [0.4, 0.5) is 0 Å². The lowest BCUT2D eigenvalue weighted by Crippen LogP contribution is -2.39. The number of nitrogens with one attached hydrogen (secondary N) is 1. The molecule has 6 heteroatoms. The van der Waals surface area contributed by atoms with Crippen LogP contribution in [0.25, 0.3) is 0 Å². The van der Waals surface area contributed by atoms with E-state index in [4.69, 9.17) is 13.9 Å². The van der Waals surface area contributed by atoms with Gasteiger partial charge in [-0.15, -0.1) is 0 Å². The van der Waals surface area contributed by atoms with E-state index in [0.717, 1.165) is 0 Å². The average Bonchev–Trinajstić information content (AvgIpc) is 2.85. The second-order valence-corrected chi connectivity index (χ2v) is 3.77. The molecule has 0 saturated heterocycles. The highest BCUT2D eigenvalue weighted by Gasteiger charge is 2.16. The van der Waals surface area contributed by atoms with Crippen LogP contribution in [0.2, 0.25) is 0 Å². The number of esters is 1. The molecule has 0 aliphatic rings. The Kier molecular flexibility index (Phi) is 5.84. The van der Waals surface area contributed by atoms with Crippen molar-refractivity contribution in [3.8, 4) is 0 Å². The standard InChI is InChI=1S/C12H19NO5/c1-8(12(16-3)17-4)13-7-9-5-6-10(18-9)11(14)15-2/h5-6,8,12-13H,7H2,1-4H3. The van der Waals surface area contributed by atoms with Gasteiger partial charge in [-0.3, -0.25) is 0 Å². The molecule has 1 rings (SSSR count). The van der Waals surface area contributed by atoms with Crippen LogP contribution in [0.15, 0.2) is 16.5 Å². The van der Waals surface area contributed by atoms with E-state index >= 15 is 0 Å². The van der Waals surface area contributed by atoms with Gasteiger partial charge in [-0.05, 0) is 19.1 Å². The molecule has 0 aromatic carbocycles. The molecule has 6 nitrogen and oxygen atoms in total. The molecule has 1 aromatic rings. The van der Waals surface area contributed by atoms with Crippen molar-refractivity contribution in [2.24, 2.45) is 0 Å². The Morgan fingerprint density at radius 3 is 2.56 bits per heavy atom.